The quantitative estimate of drug-likeness (QED) is 0.720. The molecule has 5 heteroatoms. The molecule has 5 nitrogen and oxygen atoms in total. The van der Waals surface area contributed by atoms with Crippen LogP contribution in [0.2, 0.25) is 0 Å². The minimum absolute atomic E-state index is 0.182. The normalized spacial score (nSPS) is 10.9. The van der Waals surface area contributed by atoms with Gasteiger partial charge in [-0.15, -0.1) is 0 Å². The van der Waals surface area contributed by atoms with E-state index in [-0.39, 0.29) is 5.91 Å². The van der Waals surface area contributed by atoms with Crippen molar-refractivity contribution in [2.75, 3.05) is 5.32 Å². The van der Waals surface area contributed by atoms with E-state index in [4.69, 9.17) is 0 Å². The number of hydrogen-bond donors (Lipinski definition) is 2. The fourth-order valence-electron chi connectivity index (χ4n) is 2.24. The Kier molecular flexibility index (Phi) is 4.52. The fraction of sp³-hybridized carbons (Fsp3) is 0.105. The molecule has 0 bridgehead atoms. The van der Waals surface area contributed by atoms with Crippen LogP contribution in [-0.2, 0) is 4.79 Å². The SMILES string of the molecule is Cc1ccc(/C=C/C(=O)Nc2cccc(-c3n[nH]c(C)n3)c2)cc1. The molecule has 0 saturated carbocycles. The second-order valence-electron chi connectivity index (χ2n) is 5.56. The predicted molar refractivity (Wildman–Crippen MR) is 95.4 cm³/mol. The number of carbonyl (C=O) groups is 1. The van der Waals surface area contributed by atoms with Crippen LogP contribution in [0.5, 0.6) is 0 Å². The van der Waals surface area contributed by atoms with Crippen molar-refractivity contribution in [3.05, 3.63) is 71.6 Å². The Bertz CT molecular complexity index is 878. The van der Waals surface area contributed by atoms with E-state index in [1.807, 2.05) is 62.4 Å². The Hall–Kier alpha value is -3.21. The van der Waals surface area contributed by atoms with Crippen LogP contribution in [0.3, 0.4) is 0 Å². The number of carbonyl (C=O) groups excluding carboxylic acids is 1. The lowest BCUT2D eigenvalue weighted by Gasteiger charge is -2.03. The van der Waals surface area contributed by atoms with Crippen LogP contribution in [0, 0.1) is 13.8 Å². The highest BCUT2D eigenvalue weighted by atomic mass is 16.1. The third-order valence-corrected chi connectivity index (χ3v) is 3.49. The Morgan fingerprint density at radius 2 is 1.92 bits per heavy atom. The summed E-state index contributed by atoms with van der Waals surface area (Å²) in [5.41, 5.74) is 3.73. The van der Waals surface area contributed by atoms with Crippen LogP contribution in [0.1, 0.15) is 17.0 Å². The third kappa shape index (κ3) is 3.95. The molecule has 1 heterocycles. The second-order valence-corrected chi connectivity index (χ2v) is 5.56. The lowest BCUT2D eigenvalue weighted by molar-refractivity contribution is -0.111. The lowest BCUT2D eigenvalue weighted by atomic mass is 10.1. The van der Waals surface area contributed by atoms with E-state index in [1.54, 1.807) is 6.08 Å². The van der Waals surface area contributed by atoms with E-state index in [1.165, 1.54) is 11.6 Å². The van der Waals surface area contributed by atoms with Crippen LogP contribution in [0.4, 0.5) is 5.69 Å². The molecule has 2 aromatic carbocycles. The molecule has 0 saturated heterocycles. The van der Waals surface area contributed by atoms with Crippen molar-refractivity contribution in [3.63, 3.8) is 0 Å². The van der Waals surface area contributed by atoms with E-state index >= 15 is 0 Å². The maximum Gasteiger partial charge on any atom is 0.248 e. The predicted octanol–water partition coefficient (Wildman–Crippen LogP) is 3.74. The zero-order valence-electron chi connectivity index (χ0n) is 13.6. The number of amides is 1. The van der Waals surface area contributed by atoms with Gasteiger partial charge in [-0.05, 0) is 37.6 Å². The van der Waals surface area contributed by atoms with Crippen LogP contribution < -0.4 is 5.32 Å². The molecule has 0 radical (unpaired) electrons. The van der Waals surface area contributed by atoms with Crippen LogP contribution in [0.15, 0.2) is 54.6 Å². The van der Waals surface area contributed by atoms with Crippen LogP contribution in [-0.4, -0.2) is 21.1 Å². The van der Waals surface area contributed by atoms with Gasteiger partial charge in [0, 0.05) is 17.3 Å². The van der Waals surface area contributed by atoms with Gasteiger partial charge in [0.2, 0.25) is 5.91 Å². The monoisotopic (exact) mass is 318 g/mol. The molecule has 0 spiro atoms. The Morgan fingerprint density at radius 1 is 1.12 bits per heavy atom. The lowest BCUT2D eigenvalue weighted by Crippen LogP contribution is -2.07. The molecule has 24 heavy (non-hydrogen) atoms. The molecule has 2 N–H and O–H groups in total. The van der Waals surface area contributed by atoms with Crippen LogP contribution >= 0.6 is 0 Å². The summed E-state index contributed by atoms with van der Waals surface area (Å²) >= 11 is 0. The van der Waals surface area contributed by atoms with Gasteiger partial charge >= 0.3 is 0 Å². The average Bonchev–Trinajstić information content (AvgIpc) is 3.01. The first kappa shape index (κ1) is 15.7. The first-order chi connectivity index (χ1) is 11.6. The smallest absolute Gasteiger partial charge is 0.248 e. The van der Waals surface area contributed by atoms with E-state index in [0.717, 1.165) is 17.0 Å². The minimum Gasteiger partial charge on any atom is -0.322 e. The molecular weight excluding hydrogens is 300 g/mol. The number of benzene rings is 2. The maximum atomic E-state index is 12.1. The summed E-state index contributed by atoms with van der Waals surface area (Å²) in [5, 5.41) is 9.79. The topological polar surface area (TPSA) is 70.7 Å². The maximum absolute atomic E-state index is 12.1. The molecule has 0 unspecified atom stereocenters. The number of nitrogens with zero attached hydrogens (tertiary/aromatic N) is 2. The van der Waals surface area contributed by atoms with E-state index in [9.17, 15) is 4.79 Å². The van der Waals surface area contributed by atoms with Crippen molar-refractivity contribution in [2.24, 2.45) is 0 Å². The van der Waals surface area contributed by atoms with Gasteiger partial charge in [0.15, 0.2) is 5.82 Å². The van der Waals surface area contributed by atoms with E-state index in [2.05, 4.69) is 20.5 Å². The highest BCUT2D eigenvalue weighted by Gasteiger charge is 2.05. The van der Waals surface area contributed by atoms with Crippen molar-refractivity contribution in [3.8, 4) is 11.4 Å². The largest absolute Gasteiger partial charge is 0.322 e. The number of rotatable bonds is 4. The van der Waals surface area contributed by atoms with Crippen molar-refractivity contribution in [2.45, 2.75) is 13.8 Å². The highest BCUT2D eigenvalue weighted by Crippen LogP contribution is 2.19. The Labute approximate surface area is 140 Å². The molecule has 3 rings (SSSR count). The molecule has 0 atom stereocenters. The minimum atomic E-state index is -0.182. The Morgan fingerprint density at radius 3 is 2.62 bits per heavy atom. The number of aromatic amines is 1. The summed E-state index contributed by atoms with van der Waals surface area (Å²) in [5.74, 6) is 1.18. The summed E-state index contributed by atoms with van der Waals surface area (Å²) in [7, 11) is 0. The summed E-state index contributed by atoms with van der Waals surface area (Å²) in [4.78, 5) is 16.4. The van der Waals surface area contributed by atoms with Gasteiger partial charge in [0.05, 0.1) is 0 Å². The molecule has 1 aromatic heterocycles. The number of H-pyrrole nitrogens is 1. The number of aromatic nitrogens is 3. The van der Waals surface area contributed by atoms with Crippen molar-refractivity contribution >= 4 is 17.7 Å². The van der Waals surface area contributed by atoms with Crippen LogP contribution in [0.25, 0.3) is 17.5 Å². The number of nitrogens with one attached hydrogen (secondary N) is 2. The summed E-state index contributed by atoms with van der Waals surface area (Å²) in [6, 6.07) is 15.4. The Balaban J connectivity index is 1.69. The summed E-state index contributed by atoms with van der Waals surface area (Å²) < 4.78 is 0. The zero-order valence-corrected chi connectivity index (χ0v) is 13.6. The molecular formula is C19H18N4O. The summed E-state index contributed by atoms with van der Waals surface area (Å²) in [6.07, 6.45) is 3.31. The molecule has 0 fully saturated rings. The first-order valence-corrected chi connectivity index (χ1v) is 7.65. The van der Waals surface area contributed by atoms with Gasteiger partial charge < -0.3 is 5.32 Å². The molecule has 3 aromatic rings. The zero-order chi connectivity index (χ0) is 16.9. The van der Waals surface area contributed by atoms with E-state index < -0.39 is 0 Å². The molecule has 120 valence electrons. The molecule has 0 aliphatic carbocycles. The van der Waals surface area contributed by atoms with Crippen molar-refractivity contribution < 1.29 is 4.79 Å². The second kappa shape index (κ2) is 6.91. The highest BCUT2D eigenvalue weighted by molar-refractivity contribution is 6.02. The van der Waals surface area contributed by atoms with Crippen molar-refractivity contribution in [1.82, 2.24) is 15.2 Å². The van der Waals surface area contributed by atoms with Gasteiger partial charge in [-0.25, -0.2) is 4.98 Å². The van der Waals surface area contributed by atoms with Gasteiger partial charge in [-0.3, -0.25) is 9.89 Å². The van der Waals surface area contributed by atoms with Gasteiger partial charge in [0.1, 0.15) is 5.82 Å². The fourth-order valence-corrected chi connectivity index (χ4v) is 2.24. The van der Waals surface area contributed by atoms with Crippen molar-refractivity contribution in [1.29, 1.82) is 0 Å². The molecule has 1 amide bonds. The van der Waals surface area contributed by atoms with E-state index in [0.29, 0.717) is 11.5 Å². The molecule has 0 aliphatic rings. The number of anilines is 1. The average molecular weight is 318 g/mol. The number of aryl methyl sites for hydroxylation is 2. The van der Waals surface area contributed by atoms with Gasteiger partial charge in [-0.2, -0.15) is 5.10 Å². The van der Waals surface area contributed by atoms with Gasteiger partial charge in [-0.1, -0.05) is 42.0 Å². The summed E-state index contributed by atoms with van der Waals surface area (Å²) in [6.45, 7) is 3.88. The standard InChI is InChI=1S/C19H18N4O/c1-13-6-8-15(9-7-13)10-11-18(24)21-17-5-3-4-16(12-17)19-20-14(2)22-23-19/h3-12H,1-2H3,(H,21,24)(H,20,22,23)/b11-10+. The van der Waals surface area contributed by atoms with Gasteiger partial charge in [0.25, 0.3) is 0 Å². The molecule has 0 aliphatic heterocycles. The first-order valence-electron chi connectivity index (χ1n) is 7.65. The number of hydrogen-bond acceptors (Lipinski definition) is 3. The third-order valence-electron chi connectivity index (χ3n) is 3.49.